The number of aromatic amines is 1. The summed E-state index contributed by atoms with van der Waals surface area (Å²) >= 11 is 0. The molecule has 0 atom stereocenters. The van der Waals surface area contributed by atoms with Crippen molar-refractivity contribution in [1.29, 1.82) is 0 Å². The first-order valence-electron chi connectivity index (χ1n) is 5.89. The molecular formula is C13H10FN3O. The molecule has 5 heteroatoms. The zero-order chi connectivity index (χ0) is 12.3. The normalized spacial score (nSPS) is 15.6. The van der Waals surface area contributed by atoms with Crippen molar-refractivity contribution in [2.75, 3.05) is 0 Å². The second-order valence-corrected chi connectivity index (χ2v) is 4.70. The first-order valence-corrected chi connectivity index (χ1v) is 5.89. The number of rotatable bonds is 1. The molecule has 1 aliphatic rings. The number of fused-ring (bicyclic) bond motifs is 3. The molecule has 0 saturated heterocycles. The Morgan fingerprint density at radius 1 is 1.28 bits per heavy atom. The molecule has 90 valence electrons. The van der Waals surface area contributed by atoms with Gasteiger partial charge < -0.3 is 10.1 Å². The summed E-state index contributed by atoms with van der Waals surface area (Å²) in [6.45, 7) is 0. The van der Waals surface area contributed by atoms with E-state index in [4.69, 9.17) is 0 Å². The number of halogens is 1. The fraction of sp³-hybridized carbons (Fsp3) is 0.231. The molecule has 0 spiro atoms. The Bertz CT molecular complexity index is 777. The Hall–Kier alpha value is -2.17. The van der Waals surface area contributed by atoms with Gasteiger partial charge in [0.15, 0.2) is 0 Å². The fourth-order valence-corrected chi connectivity index (χ4v) is 2.55. The van der Waals surface area contributed by atoms with Gasteiger partial charge >= 0.3 is 0 Å². The Morgan fingerprint density at radius 2 is 2.11 bits per heavy atom. The summed E-state index contributed by atoms with van der Waals surface area (Å²) < 4.78 is 13.9. The van der Waals surface area contributed by atoms with E-state index in [0.717, 1.165) is 23.7 Å². The molecule has 0 radical (unpaired) electrons. The van der Waals surface area contributed by atoms with Gasteiger partial charge in [0, 0.05) is 10.9 Å². The van der Waals surface area contributed by atoms with Crippen LogP contribution in [0.15, 0.2) is 18.5 Å². The molecule has 1 aromatic carbocycles. The predicted molar refractivity (Wildman–Crippen MR) is 65.0 cm³/mol. The van der Waals surface area contributed by atoms with Gasteiger partial charge in [0.2, 0.25) is 5.88 Å². The zero-order valence-electron chi connectivity index (χ0n) is 9.44. The van der Waals surface area contributed by atoms with E-state index >= 15 is 0 Å². The van der Waals surface area contributed by atoms with Crippen molar-refractivity contribution >= 4 is 21.9 Å². The van der Waals surface area contributed by atoms with E-state index in [9.17, 15) is 9.50 Å². The lowest BCUT2D eigenvalue weighted by atomic mass is 10.1. The third kappa shape index (κ3) is 1.19. The molecule has 2 aromatic heterocycles. The summed E-state index contributed by atoms with van der Waals surface area (Å²) in [4.78, 5) is 11.0. The molecule has 0 amide bonds. The van der Waals surface area contributed by atoms with E-state index < -0.39 is 0 Å². The molecule has 18 heavy (non-hydrogen) atoms. The van der Waals surface area contributed by atoms with Crippen molar-refractivity contribution < 1.29 is 9.50 Å². The minimum Gasteiger partial charge on any atom is -0.493 e. The number of nitrogens with one attached hydrogen (secondary N) is 1. The third-order valence-electron chi connectivity index (χ3n) is 3.52. The summed E-state index contributed by atoms with van der Waals surface area (Å²) in [6.07, 6.45) is 3.33. The maximum Gasteiger partial charge on any atom is 0.224 e. The lowest BCUT2D eigenvalue weighted by molar-refractivity contribution is 0.459. The molecule has 0 bridgehead atoms. The first kappa shape index (κ1) is 9.82. The zero-order valence-corrected chi connectivity index (χ0v) is 9.44. The van der Waals surface area contributed by atoms with Crippen molar-refractivity contribution in [1.82, 2.24) is 15.0 Å². The van der Waals surface area contributed by atoms with Crippen LogP contribution >= 0.6 is 0 Å². The van der Waals surface area contributed by atoms with Crippen molar-refractivity contribution in [3.8, 4) is 5.88 Å². The number of aromatic nitrogens is 3. The summed E-state index contributed by atoms with van der Waals surface area (Å²) in [7, 11) is 0. The van der Waals surface area contributed by atoms with Gasteiger partial charge in [-0.25, -0.2) is 14.4 Å². The smallest absolute Gasteiger partial charge is 0.224 e. The van der Waals surface area contributed by atoms with E-state index in [1.54, 1.807) is 6.07 Å². The Morgan fingerprint density at radius 3 is 2.89 bits per heavy atom. The summed E-state index contributed by atoms with van der Waals surface area (Å²) in [6, 6.07) is 3.12. The van der Waals surface area contributed by atoms with Crippen LogP contribution in [-0.4, -0.2) is 20.1 Å². The molecule has 1 saturated carbocycles. The highest BCUT2D eigenvalue weighted by Crippen LogP contribution is 2.45. The minimum absolute atomic E-state index is 0.0698. The number of benzene rings is 1. The lowest BCUT2D eigenvalue weighted by Gasteiger charge is -2.02. The summed E-state index contributed by atoms with van der Waals surface area (Å²) in [5, 5.41) is 11.2. The van der Waals surface area contributed by atoms with Crippen molar-refractivity contribution in [2.45, 2.75) is 18.8 Å². The van der Waals surface area contributed by atoms with Crippen molar-refractivity contribution in [3.63, 3.8) is 0 Å². The quantitative estimate of drug-likeness (QED) is 0.690. The lowest BCUT2D eigenvalue weighted by Crippen LogP contribution is -1.88. The van der Waals surface area contributed by atoms with Crippen molar-refractivity contribution in [3.05, 3.63) is 29.8 Å². The van der Waals surface area contributed by atoms with Gasteiger partial charge in [0.1, 0.15) is 17.8 Å². The van der Waals surface area contributed by atoms with E-state index in [0.29, 0.717) is 16.6 Å². The molecule has 0 aliphatic heterocycles. The average molecular weight is 243 g/mol. The van der Waals surface area contributed by atoms with Crippen LogP contribution in [0.4, 0.5) is 4.39 Å². The van der Waals surface area contributed by atoms with E-state index in [1.807, 2.05) is 0 Å². The van der Waals surface area contributed by atoms with Gasteiger partial charge in [-0.05, 0) is 30.9 Å². The van der Waals surface area contributed by atoms with Crippen LogP contribution < -0.4 is 0 Å². The van der Waals surface area contributed by atoms with Crippen LogP contribution in [0.3, 0.4) is 0 Å². The predicted octanol–water partition coefficient (Wildman–Crippen LogP) is 2.83. The largest absolute Gasteiger partial charge is 0.493 e. The van der Waals surface area contributed by atoms with Gasteiger partial charge in [-0.15, -0.1) is 0 Å². The van der Waals surface area contributed by atoms with Crippen LogP contribution in [0, 0.1) is 5.82 Å². The maximum atomic E-state index is 13.9. The fourth-order valence-electron chi connectivity index (χ4n) is 2.55. The molecule has 1 fully saturated rings. The highest BCUT2D eigenvalue weighted by atomic mass is 19.1. The van der Waals surface area contributed by atoms with Gasteiger partial charge in [-0.3, -0.25) is 0 Å². The molecule has 4 rings (SSSR count). The number of hydrogen-bond donors (Lipinski definition) is 2. The second kappa shape index (κ2) is 3.19. The SMILES string of the molecule is Oc1ncnc2[nH]c3c(C4CC4)c(F)ccc3c12. The van der Waals surface area contributed by atoms with E-state index in [-0.39, 0.29) is 17.6 Å². The maximum absolute atomic E-state index is 13.9. The number of nitrogens with zero attached hydrogens (tertiary/aromatic N) is 2. The monoisotopic (exact) mass is 243 g/mol. The standard InChI is InChI=1S/C13H10FN3O/c14-8-4-3-7-10-12(15-5-16-13(10)18)17-11(7)9(8)6-1-2-6/h3-6H,1-2H2,(H2,15,16,17,18). The first-order chi connectivity index (χ1) is 8.75. The molecule has 4 nitrogen and oxygen atoms in total. The minimum atomic E-state index is -0.191. The molecule has 2 N–H and O–H groups in total. The molecule has 0 unspecified atom stereocenters. The van der Waals surface area contributed by atoms with Crippen LogP contribution in [0.25, 0.3) is 21.9 Å². The van der Waals surface area contributed by atoms with Crippen LogP contribution in [0.5, 0.6) is 5.88 Å². The second-order valence-electron chi connectivity index (χ2n) is 4.70. The van der Waals surface area contributed by atoms with E-state index in [2.05, 4.69) is 15.0 Å². The molecule has 1 aliphatic carbocycles. The average Bonchev–Trinajstić information content (AvgIpc) is 3.09. The molecule has 3 aromatic rings. The molecular weight excluding hydrogens is 233 g/mol. The topological polar surface area (TPSA) is 61.8 Å². The number of aromatic hydroxyl groups is 1. The van der Waals surface area contributed by atoms with Gasteiger partial charge in [-0.1, -0.05) is 0 Å². The molecule has 2 heterocycles. The van der Waals surface area contributed by atoms with Crippen LogP contribution in [-0.2, 0) is 0 Å². The number of H-pyrrole nitrogens is 1. The highest BCUT2D eigenvalue weighted by molar-refractivity contribution is 6.09. The van der Waals surface area contributed by atoms with Crippen molar-refractivity contribution in [2.24, 2.45) is 0 Å². The van der Waals surface area contributed by atoms with Gasteiger partial charge in [-0.2, -0.15) is 0 Å². The van der Waals surface area contributed by atoms with Gasteiger partial charge in [0.05, 0.1) is 10.9 Å². The third-order valence-corrected chi connectivity index (χ3v) is 3.52. The Labute approximate surface area is 101 Å². The van der Waals surface area contributed by atoms with Gasteiger partial charge in [0.25, 0.3) is 0 Å². The summed E-state index contributed by atoms with van der Waals surface area (Å²) in [5.41, 5.74) is 2.00. The Kier molecular flexibility index (Phi) is 1.74. The highest BCUT2D eigenvalue weighted by Gasteiger charge is 2.30. The van der Waals surface area contributed by atoms with Crippen LogP contribution in [0.1, 0.15) is 24.3 Å². The number of hydrogen-bond acceptors (Lipinski definition) is 3. The summed E-state index contributed by atoms with van der Waals surface area (Å²) in [5.74, 6) is 0.0282. The Balaban J connectivity index is 2.21. The van der Waals surface area contributed by atoms with E-state index in [1.165, 1.54) is 12.4 Å². The van der Waals surface area contributed by atoms with Crippen LogP contribution in [0.2, 0.25) is 0 Å².